The molecule has 0 fully saturated rings. The summed E-state index contributed by atoms with van der Waals surface area (Å²) in [5.74, 6) is 3.05. The number of hydrogen-bond donors (Lipinski definition) is 0. The SMILES string of the molecule is CC(C)C1C=CC(C2=CCCC=C2)=CC1.CC/C=C\C(=C/CC)C1(c2ccccc2)c2ccccc2C2=CC=C(C)CC21.Cc1ccc(-c2ccc(-n3c4ccccc4c4c5oc6c(c5ccc43)C=CCC6)cc2)cc1. The first-order chi connectivity index (χ1) is 37.3. The van der Waals surface area contributed by atoms with Crippen molar-refractivity contribution in [3.05, 3.63) is 268 Å². The maximum absolute atomic E-state index is 6.48. The number of furan rings is 1. The normalized spacial score (nSPS) is 19.6. The van der Waals surface area contributed by atoms with Gasteiger partial charge in [-0.3, -0.25) is 0 Å². The average Bonchev–Trinajstić information content (AvgIpc) is 4.33. The molecule has 2 aromatic heterocycles. The lowest BCUT2D eigenvalue weighted by Crippen LogP contribution is -2.35. The number of aromatic nitrogens is 1. The molecular weight excluding hydrogens is 919 g/mol. The molecule has 76 heavy (non-hydrogen) atoms. The molecule has 380 valence electrons. The molecule has 2 heterocycles. The highest BCUT2D eigenvalue weighted by Crippen LogP contribution is 2.60. The van der Waals surface area contributed by atoms with Gasteiger partial charge in [0, 0.05) is 34.4 Å². The van der Waals surface area contributed by atoms with Crippen LogP contribution in [-0.4, -0.2) is 4.57 Å². The Labute approximate surface area is 452 Å². The Hall–Kier alpha value is -7.68. The molecule has 3 unspecified atom stereocenters. The van der Waals surface area contributed by atoms with Gasteiger partial charge in [-0.2, -0.15) is 0 Å². The summed E-state index contributed by atoms with van der Waals surface area (Å²) in [6.07, 6.45) is 39.1. The van der Waals surface area contributed by atoms with Gasteiger partial charge in [0.1, 0.15) is 11.3 Å². The molecule has 5 aliphatic rings. The topological polar surface area (TPSA) is 18.1 Å². The lowest BCUT2D eigenvalue weighted by Gasteiger charge is -2.40. The lowest BCUT2D eigenvalue weighted by atomic mass is 9.61. The van der Waals surface area contributed by atoms with Crippen molar-refractivity contribution in [1.29, 1.82) is 0 Å². The van der Waals surface area contributed by atoms with Crippen LogP contribution in [0.15, 0.2) is 239 Å². The van der Waals surface area contributed by atoms with Gasteiger partial charge in [-0.25, -0.2) is 0 Å². The molecule has 2 heteroatoms. The van der Waals surface area contributed by atoms with E-state index in [1.807, 2.05) is 0 Å². The zero-order chi connectivity index (χ0) is 52.2. The maximum Gasteiger partial charge on any atom is 0.144 e. The van der Waals surface area contributed by atoms with Crippen LogP contribution in [0, 0.1) is 24.7 Å². The molecule has 13 rings (SSSR count). The first-order valence-electron chi connectivity index (χ1n) is 28.2. The molecule has 5 aliphatic carbocycles. The molecule has 0 spiro atoms. The molecule has 0 bridgehead atoms. The van der Waals surface area contributed by atoms with E-state index in [2.05, 4.69) is 265 Å². The Balaban J connectivity index is 0.000000130. The second kappa shape index (κ2) is 22.3. The van der Waals surface area contributed by atoms with E-state index in [-0.39, 0.29) is 5.41 Å². The fraction of sp³-hybridized carbons (Fsp3) is 0.243. The Bertz CT molecular complexity index is 3700. The van der Waals surface area contributed by atoms with E-state index in [0.29, 0.717) is 5.92 Å². The number of nitrogens with zero attached hydrogens (tertiary/aromatic N) is 1. The van der Waals surface area contributed by atoms with Gasteiger partial charge in [-0.05, 0) is 151 Å². The highest BCUT2D eigenvalue weighted by atomic mass is 16.3. The molecular formula is C74H73NO. The predicted molar refractivity (Wildman–Crippen MR) is 326 cm³/mol. The minimum absolute atomic E-state index is 0.124. The van der Waals surface area contributed by atoms with E-state index in [0.717, 1.165) is 61.0 Å². The van der Waals surface area contributed by atoms with Gasteiger partial charge in [0.05, 0.1) is 21.8 Å². The highest BCUT2D eigenvalue weighted by molar-refractivity contribution is 6.20. The van der Waals surface area contributed by atoms with Gasteiger partial charge in [0.15, 0.2) is 0 Å². The summed E-state index contributed by atoms with van der Waals surface area (Å²) in [5, 5.41) is 3.65. The van der Waals surface area contributed by atoms with Crippen molar-refractivity contribution in [2.75, 3.05) is 0 Å². The van der Waals surface area contributed by atoms with E-state index in [9.17, 15) is 0 Å². The van der Waals surface area contributed by atoms with E-state index in [1.165, 1.54) is 113 Å². The number of allylic oxidation sites excluding steroid dienone is 17. The summed E-state index contributed by atoms with van der Waals surface area (Å²) in [6.45, 7) is 13.5. The van der Waals surface area contributed by atoms with Crippen LogP contribution < -0.4 is 0 Å². The first kappa shape index (κ1) is 50.5. The van der Waals surface area contributed by atoms with Crippen molar-refractivity contribution in [3.8, 4) is 16.8 Å². The smallest absolute Gasteiger partial charge is 0.144 e. The van der Waals surface area contributed by atoms with Gasteiger partial charge in [-0.15, -0.1) is 0 Å². The van der Waals surface area contributed by atoms with E-state index >= 15 is 0 Å². The molecule has 0 saturated heterocycles. The van der Waals surface area contributed by atoms with Crippen molar-refractivity contribution >= 4 is 44.4 Å². The second-order valence-electron chi connectivity index (χ2n) is 21.8. The molecule has 0 saturated carbocycles. The van der Waals surface area contributed by atoms with Gasteiger partial charge in [0.2, 0.25) is 0 Å². The molecule has 3 atom stereocenters. The average molecular weight is 992 g/mol. The predicted octanol–water partition coefficient (Wildman–Crippen LogP) is 20.5. The standard InChI is InChI=1S/C31H23NO.C28H30.C15H20/c1-20-10-12-21(13-11-20)22-14-16-23(17-15-22)32-27-8-4-2-7-26(27)30-28(32)19-18-25-24-6-3-5-9-29(24)33-31(25)30;1-4-6-13-22(12-5-2)28(23-14-8-7-9-15-23)26-17-11-10-16-24(26)25-19-18-21(3)20-27(25)28;1-12(2)13-8-10-15(11-9-13)14-6-4-3-5-7-14/h2-4,6-8,10-19H,5,9H2,1H3;6-19,27H,4-5,20H2,1-3H3;4,6-8,10-13H,3,5,9H2,1-2H3/b;13-6-,22-12+;. The Morgan fingerprint density at radius 2 is 1.42 bits per heavy atom. The third-order valence-corrected chi connectivity index (χ3v) is 16.5. The summed E-state index contributed by atoms with van der Waals surface area (Å²) in [6, 6.07) is 51.0. The van der Waals surface area contributed by atoms with Crippen LogP contribution in [0.4, 0.5) is 0 Å². The first-order valence-corrected chi connectivity index (χ1v) is 28.2. The Morgan fingerprint density at radius 3 is 2.16 bits per heavy atom. The second-order valence-corrected chi connectivity index (χ2v) is 21.8. The number of hydrogen-bond acceptors (Lipinski definition) is 1. The number of rotatable bonds is 9. The van der Waals surface area contributed by atoms with Crippen LogP contribution >= 0.6 is 0 Å². The van der Waals surface area contributed by atoms with Crippen LogP contribution in [0.25, 0.3) is 61.2 Å². The van der Waals surface area contributed by atoms with E-state index in [4.69, 9.17) is 4.42 Å². The zero-order valence-electron chi connectivity index (χ0n) is 45.5. The fourth-order valence-electron chi connectivity index (χ4n) is 12.6. The Morgan fingerprint density at radius 1 is 0.684 bits per heavy atom. The minimum atomic E-state index is -0.124. The summed E-state index contributed by atoms with van der Waals surface area (Å²) < 4.78 is 8.84. The van der Waals surface area contributed by atoms with Crippen molar-refractivity contribution in [2.45, 2.75) is 98.3 Å². The van der Waals surface area contributed by atoms with Gasteiger partial charge in [-0.1, -0.05) is 227 Å². The summed E-state index contributed by atoms with van der Waals surface area (Å²) >= 11 is 0. The van der Waals surface area contributed by atoms with Crippen molar-refractivity contribution < 1.29 is 4.42 Å². The van der Waals surface area contributed by atoms with Crippen LogP contribution in [0.5, 0.6) is 0 Å². The molecule has 0 N–H and O–H groups in total. The minimum Gasteiger partial charge on any atom is -0.460 e. The Kier molecular flexibility index (Phi) is 14.8. The van der Waals surface area contributed by atoms with E-state index < -0.39 is 0 Å². The van der Waals surface area contributed by atoms with Gasteiger partial charge >= 0.3 is 0 Å². The van der Waals surface area contributed by atoms with Gasteiger partial charge in [0.25, 0.3) is 0 Å². The van der Waals surface area contributed by atoms with Crippen molar-refractivity contribution in [2.24, 2.45) is 17.8 Å². The molecule has 0 amide bonds. The van der Waals surface area contributed by atoms with Crippen LogP contribution in [-0.2, 0) is 11.8 Å². The molecule has 6 aromatic carbocycles. The summed E-state index contributed by atoms with van der Waals surface area (Å²) in [4.78, 5) is 0. The largest absolute Gasteiger partial charge is 0.460 e. The zero-order valence-corrected chi connectivity index (χ0v) is 45.5. The monoisotopic (exact) mass is 992 g/mol. The van der Waals surface area contributed by atoms with Crippen molar-refractivity contribution in [1.82, 2.24) is 4.57 Å². The van der Waals surface area contributed by atoms with Crippen LogP contribution in [0.1, 0.15) is 113 Å². The molecule has 0 aliphatic heterocycles. The molecule has 0 radical (unpaired) electrons. The van der Waals surface area contributed by atoms with Crippen LogP contribution in [0.2, 0.25) is 0 Å². The number of aryl methyl sites for hydroxylation is 2. The number of fused-ring (bicyclic) bond motifs is 10. The van der Waals surface area contributed by atoms with Crippen LogP contribution in [0.3, 0.4) is 0 Å². The fourth-order valence-corrected chi connectivity index (χ4v) is 12.6. The number of benzene rings is 6. The third-order valence-electron chi connectivity index (χ3n) is 16.5. The molecule has 8 aromatic rings. The number of para-hydroxylation sites is 1. The molecule has 2 nitrogen and oxygen atoms in total. The summed E-state index contributed by atoms with van der Waals surface area (Å²) in [7, 11) is 0. The lowest BCUT2D eigenvalue weighted by molar-refractivity contribution is 0.466. The van der Waals surface area contributed by atoms with E-state index in [1.54, 1.807) is 0 Å². The quantitative estimate of drug-likeness (QED) is 0.132. The highest BCUT2D eigenvalue weighted by Gasteiger charge is 2.52. The maximum atomic E-state index is 6.48. The summed E-state index contributed by atoms with van der Waals surface area (Å²) in [5.41, 5.74) is 21.0. The third kappa shape index (κ3) is 9.53. The van der Waals surface area contributed by atoms with Crippen molar-refractivity contribution in [3.63, 3.8) is 0 Å². The van der Waals surface area contributed by atoms with Gasteiger partial charge < -0.3 is 8.98 Å².